The van der Waals surface area contributed by atoms with E-state index in [9.17, 15) is 43.7 Å². The van der Waals surface area contributed by atoms with E-state index >= 15 is 0 Å². The molecule has 0 saturated carbocycles. The second-order valence-corrected chi connectivity index (χ2v) is 3.25. The van der Waals surface area contributed by atoms with Crippen LogP contribution in [0.1, 0.15) is 0 Å². The fourth-order valence-corrected chi connectivity index (χ4v) is 0.745. The molecule has 0 aliphatic heterocycles. The summed E-state index contributed by atoms with van der Waals surface area (Å²) in [6, 6.07) is 0. The maximum absolute atomic E-state index is 12.1. The van der Waals surface area contributed by atoms with Gasteiger partial charge in [-0.15, -0.1) is 0 Å². The molecular weight excluding hydrogens is 284 g/mol. The fraction of sp³-hybridized carbons (Fsp3) is 1.00. The maximum atomic E-state index is 12.1. The normalized spacial score (nSPS) is 15.2. The average Bonchev–Trinajstić information content (AvgIpc) is 2.00. The van der Waals surface area contributed by atoms with Gasteiger partial charge in [-0.1, -0.05) is 0 Å². The molecular formula is C3F8O4S. The van der Waals surface area contributed by atoms with Crippen molar-refractivity contribution in [3.63, 3.8) is 0 Å². The van der Waals surface area contributed by atoms with Crippen molar-refractivity contribution < 1.29 is 52.2 Å². The molecule has 0 N–H and O–H groups in total. The molecule has 13 heteroatoms. The molecule has 0 unspecified atom stereocenters. The summed E-state index contributed by atoms with van der Waals surface area (Å²) in [5, 5.41) is 0. The molecule has 0 saturated heterocycles. The van der Waals surface area contributed by atoms with Crippen LogP contribution in [0.3, 0.4) is 0 Å². The van der Waals surface area contributed by atoms with E-state index in [0.717, 1.165) is 0 Å². The molecule has 0 amide bonds. The topological polar surface area (TPSA) is 52.6 Å². The zero-order chi connectivity index (χ0) is 13.4. The lowest BCUT2D eigenvalue weighted by Crippen LogP contribution is -2.54. The molecule has 0 aromatic rings. The quantitative estimate of drug-likeness (QED) is 0.740. The van der Waals surface area contributed by atoms with E-state index in [0.29, 0.717) is 0 Å². The van der Waals surface area contributed by atoms with E-state index in [1.165, 1.54) is 0 Å². The summed E-state index contributed by atoms with van der Waals surface area (Å²) < 4.78 is 116. The molecule has 0 atom stereocenters. The van der Waals surface area contributed by atoms with Crippen molar-refractivity contribution in [3.05, 3.63) is 0 Å². The minimum atomic E-state index is -6.84. The third-order valence-corrected chi connectivity index (χ3v) is 1.57. The van der Waals surface area contributed by atoms with Gasteiger partial charge in [-0.25, -0.2) is 0 Å². The Bertz CT molecular complexity index is 343. The Hall–Kier alpha value is -0.690. The molecule has 4 nitrogen and oxygen atoms in total. The molecule has 0 heterocycles. The highest BCUT2D eigenvalue weighted by atomic mass is 32.3. The second-order valence-electron chi connectivity index (χ2n) is 2.14. The van der Waals surface area contributed by atoms with Crippen LogP contribution in [-0.4, -0.2) is 26.6 Å². The van der Waals surface area contributed by atoms with E-state index < -0.39 is 28.6 Å². The predicted molar refractivity (Wildman–Crippen MR) is 28.1 cm³/mol. The van der Waals surface area contributed by atoms with Gasteiger partial charge in [0.05, 0.1) is 0 Å². The fourth-order valence-electron chi connectivity index (χ4n) is 0.358. The third-order valence-electron chi connectivity index (χ3n) is 1.01. The van der Waals surface area contributed by atoms with Crippen molar-refractivity contribution >= 4 is 10.4 Å². The minimum absolute atomic E-state index is 1.65. The van der Waals surface area contributed by atoms with Crippen molar-refractivity contribution in [3.8, 4) is 0 Å². The van der Waals surface area contributed by atoms with Crippen molar-refractivity contribution in [1.82, 2.24) is 0 Å². The molecule has 0 aliphatic rings. The monoisotopic (exact) mass is 284 g/mol. The Balaban J connectivity index is 5.23. The standard InChI is InChI=1S/C3F8O4S/c4-1(5,2(6,7)8)3(9,10)14-16(12,13)15-11. The summed E-state index contributed by atoms with van der Waals surface area (Å²) in [5.74, 6) is -6.84. The molecule has 0 aromatic heterocycles. The van der Waals surface area contributed by atoms with Gasteiger partial charge in [-0.2, -0.15) is 43.3 Å². The highest BCUT2D eigenvalue weighted by Crippen LogP contribution is 2.47. The molecule has 16 heavy (non-hydrogen) atoms. The Morgan fingerprint density at radius 3 is 1.50 bits per heavy atom. The minimum Gasteiger partial charge on any atom is -0.186 e. The first kappa shape index (κ1) is 15.3. The first-order valence-corrected chi connectivity index (χ1v) is 4.18. The van der Waals surface area contributed by atoms with E-state index in [1.807, 2.05) is 4.18 Å². The van der Waals surface area contributed by atoms with Crippen LogP contribution >= 0.6 is 0 Å². The smallest absolute Gasteiger partial charge is 0.186 e. The molecule has 0 spiro atoms. The highest BCUT2D eigenvalue weighted by Gasteiger charge is 2.76. The van der Waals surface area contributed by atoms with Gasteiger partial charge in [0, 0.05) is 0 Å². The number of rotatable bonds is 4. The SMILES string of the molecule is O=S(=O)(OF)OC(F)(F)C(F)(F)C(F)(F)F. The van der Waals surface area contributed by atoms with Gasteiger partial charge in [0.1, 0.15) is 0 Å². The predicted octanol–water partition coefficient (Wildman–Crippen LogP) is 1.94. The highest BCUT2D eigenvalue weighted by molar-refractivity contribution is 7.81. The Morgan fingerprint density at radius 2 is 1.25 bits per heavy atom. The lowest BCUT2D eigenvalue weighted by atomic mass is 10.3. The molecule has 98 valence electrons. The van der Waals surface area contributed by atoms with Crippen molar-refractivity contribution in [2.45, 2.75) is 18.2 Å². The summed E-state index contributed by atoms with van der Waals surface area (Å²) in [6.07, 6.45) is -13.3. The summed E-state index contributed by atoms with van der Waals surface area (Å²) >= 11 is 0. The molecule has 0 radical (unpaired) electrons. The van der Waals surface area contributed by atoms with Gasteiger partial charge in [-0.3, -0.25) is 0 Å². The zero-order valence-corrected chi connectivity index (χ0v) is 7.38. The van der Waals surface area contributed by atoms with Gasteiger partial charge in [-0.05, 0) is 8.91 Å². The van der Waals surface area contributed by atoms with Crippen LogP contribution < -0.4 is 0 Å². The van der Waals surface area contributed by atoms with E-state index in [4.69, 9.17) is 0 Å². The first-order valence-electron chi connectivity index (χ1n) is 2.85. The van der Waals surface area contributed by atoms with Gasteiger partial charge >= 0.3 is 28.6 Å². The van der Waals surface area contributed by atoms with Crippen LogP contribution in [0.15, 0.2) is 0 Å². The number of hydrogen-bond acceptors (Lipinski definition) is 4. The maximum Gasteiger partial charge on any atom is 0.462 e. The Labute approximate surface area is 82.0 Å². The molecule has 0 aliphatic carbocycles. The first-order chi connectivity index (χ1) is 6.77. The van der Waals surface area contributed by atoms with Crippen molar-refractivity contribution in [2.24, 2.45) is 0 Å². The van der Waals surface area contributed by atoms with Gasteiger partial charge in [0.15, 0.2) is 0 Å². The largest absolute Gasteiger partial charge is 0.462 e. The Morgan fingerprint density at radius 1 is 0.875 bits per heavy atom. The van der Waals surface area contributed by atoms with Gasteiger partial charge in [0.25, 0.3) is 0 Å². The van der Waals surface area contributed by atoms with Crippen LogP contribution in [0.2, 0.25) is 0 Å². The summed E-state index contributed by atoms with van der Waals surface area (Å²) in [6.45, 7) is 0. The van der Waals surface area contributed by atoms with E-state index in [-0.39, 0.29) is 0 Å². The molecule has 0 aromatic carbocycles. The van der Waals surface area contributed by atoms with Crippen LogP contribution in [0.5, 0.6) is 0 Å². The van der Waals surface area contributed by atoms with Crippen molar-refractivity contribution in [1.29, 1.82) is 0 Å². The van der Waals surface area contributed by atoms with Gasteiger partial charge in [0.2, 0.25) is 0 Å². The average molecular weight is 284 g/mol. The molecule has 0 bridgehead atoms. The van der Waals surface area contributed by atoms with Crippen LogP contribution in [0.25, 0.3) is 0 Å². The summed E-state index contributed by atoms with van der Waals surface area (Å²) in [7, 11) is -6.32. The number of hydrogen-bond donors (Lipinski definition) is 0. The lowest BCUT2D eigenvalue weighted by Gasteiger charge is -2.25. The zero-order valence-electron chi connectivity index (χ0n) is 6.56. The molecule has 0 rings (SSSR count). The van der Waals surface area contributed by atoms with Crippen LogP contribution in [-0.2, 0) is 19.0 Å². The lowest BCUT2D eigenvalue weighted by molar-refractivity contribution is -0.404. The number of alkyl halides is 7. The van der Waals surface area contributed by atoms with Crippen molar-refractivity contribution in [2.75, 3.05) is 0 Å². The van der Waals surface area contributed by atoms with Gasteiger partial charge < -0.3 is 0 Å². The summed E-state index contributed by atoms with van der Waals surface area (Å²) in [5.41, 5.74) is 0. The van der Waals surface area contributed by atoms with Crippen LogP contribution in [0, 0.1) is 0 Å². The Kier molecular flexibility index (Phi) is 3.79. The van der Waals surface area contributed by atoms with E-state index in [2.05, 4.69) is 0 Å². The number of halogens is 8. The van der Waals surface area contributed by atoms with Crippen LogP contribution in [0.4, 0.5) is 35.3 Å². The second kappa shape index (κ2) is 3.96. The third kappa shape index (κ3) is 2.91. The summed E-state index contributed by atoms with van der Waals surface area (Å²) in [4.78, 5) is 0. The van der Waals surface area contributed by atoms with E-state index in [1.54, 1.807) is 4.39 Å². The molecule has 0 fully saturated rings.